The first-order valence-electron chi connectivity index (χ1n) is 6.68. The van der Waals surface area contributed by atoms with Gasteiger partial charge in [-0.1, -0.05) is 17.7 Å². The van der Waals surface area contributed by atoms with Gasteiger partial charge in [-0.25, -0.2) is 0 Å². The molecular weight excluding hydrogens is 260 g/mol. The number of rotatable bonds is 3. The second-order valence-corrected chi connectivity index (χ2v) is 5.64. The Hall–Kier alpha value is -1.32. The number of ketones is 1. The molecule has 2 aromatic rings. The van der Waals surface area contributed by atoms with Crippen LogP contribution in [0.15, 0.2) is 24.4 Å². The van der Waals surface area contributed by atoms with Gasteiger partial charge in [-0.3, -0.25) is 4.79 Å². The van der Waals surface area contributed by atoms with Gasteiger partial charge < -0.3 is 9.88 Å². The predicted molar refractivity (Wildman–Crippen MR) is 78.0 cm³/mol. The van der Waals surface area contributed by atoms with E-state index in [4.69, 9.17) is 11.6 Å². The van der Waals surface area contributed by atoms with Crippen molar-refractivity contribution in [3.8, 4) is 0 Å². The van der Waals surface area contributed by atoms with Crippen molar-refractivity contribution >= 4 is 28.3 Å². The number of carbonyl (C=O) groups excluding carboxylic acids is 1. The molecule has 1 fully saturated rings. The first-order chi connectivity index (χ1) is 9.15. The van der Waals surface area contributed by atoms with Gasteiger partial charge in [0, 0.05) is 34.8 Å². The molecule has 4 heteroatoms. The Morgan fingerprint density at radius 3 is 3.05 bits per heavy atom. The molecule has 3 rings (SSSR count). The number of hydrogen-bond acceptors (Lipinski definition) is 2. The van der Waals surface area contributed by atoms with Gasteiger partial charge in [-0.2, -0.15) is 0 Å². The SMILES string of the molecule is CC(=O)c1cn(C[C@@H]2CCCN2)c2cc(Cl)ccc12. The van der Waals surface area contributed by atoms with Crippen LogP contribution in [0.3, 0.4) is 0 Å². The number of carbonyl (C=O) groups is 1. The lowest BCUT2D eigenvalue weighted by Crippen LogP contribution is -2.26. The van der Waals surface area contributed by atoms with Crippen LogP contribution in [0.4, 0.5) is 0 Å². The fourth-order valence-corrected chi connectivity index (χ4v) is 3.01. The maximum absolute atomic E-state index is 11.7. The van der Waals surface area contributed by atoms with E-state index >= 15 is 0 Å². The second-order valence-electron chi connectivity index (χ2n) is 5.21. The zero-order chi connectivity index (χ0) is 13.4. The molecule has 1 aromatic carbocycles. The highest BCUT2D eigenvalue weighted by Crippen LogP contribution is 2.26. The van der Waals surface area contributed by atoms with E-state index in [1.807, 2.05) is 24.4 Å². The van der Waals surface area contributed by atoms with Crippen LogP contribution >= 0.6 is 11.6 Å². The average Bonchev–Trinajstić information content (AvgIpc) is 2.98. The number of nitrogens with one attached hydrogen (secondary N) is 1. The third-order valence-electron chi connectivity index (χ3n) is 3.80. The number of Topliss-reactive ketones (excluding diaryl/α,β-unsaturated/α-hetero) is 1. The summed E-state index contributed by atoms with van der Waals surface area (Å²) in [5.74, 6) is 0.102. The van der Waals surface area contributed by atoms with Crippen molar-refractivity contribution in [2.75, 3.05) is 6.54 Å². The lowest BCUT2D eigenvalue weighted by atomic mass is 10.1. The van der Waals surface area contributed by atoms with Gasteiger partial charge in [0.05, 0.1) is 5.52 Å². The summed E-state index contributed by atoms with van der Waals surface area (Å²) in [6.07, 6.45) is 4.38. The van der Waals surface area contributed by atoms with Crippen LogP contribution in [0.1, 0.15) is 30.1 Å². The second kappa shape index (κ2) is 4.99. The molecule has 2 heterocycles. The van der Waals surface area contributed by atoms with Crippen molar-refractivity contribution in [2.24, 2.45) is 0 Å². The van der Waals surface area contributed by atoms with Gasteiger partial charge in [0.15, 0.2) is 5.78 Å². The molecule has 1 aliphatic heterocycles. The van der Waals surface area contributed by atoms with Crippen molar-refractivity contribution in [1.82, 2.24) is 9.88 Å². The molecule has 0 saturated carbocycles. The maximum atomic E-state index is 11.7. The van der Waals surface area contributed by atoms with Crippen LogP contribution in [-0.2, 0) is 6.54 Å². The Balaban J connectivity index is 2.06. The molecule has 0 unspecified atom stereocenters. The van der Waals surface area contributed by atoms with Gasteiger partial charge in [0.2, 0.25) is 0 Å². The van der Waals surface area contributed by atoms with Crippen LogP contribution < -0.4 is 5.32 Å². The molecule has 1 atom stereocenters. The molecule has 0 aliphatic carbocycles. The monoisotopic (exact) mass is 276 g/mol. The third-order valence-corrected chi connectivity index (χ3v) is 4.04. The minimum absolute atomic E-state index is 0.102. The zero-order valence-electron chi connectivity index (χ0n) is 10.9. The van der Waals surface area contributed by atoms with E-state index < -0.39 is 0 Å². The van der Waals surface area contributed by atoms with Crippen molar-refractivity contribution in [1.29, 1.82) is 0 Å². The van der Waals surface area contributed by atoms with Crippen LogP contribution in [-0.4, -0.2) is 22.9 Å². The molecule has 1 aromatic heterocycles. The van der Waals surface area contributed by atoms with Crippen LogP contribution in [0.2, 0.25) is 5.02 Å². The van der Waals surface area contributed by atoms with Crippen molar-refractivity contribution in [3.63, 3.8) is 0 Å². The first-order valence-corrected chi connectivity index (χ1v) is 7.05. The van der Waals surface area contributed by atoms with E-state index in [0.29, 0.717) is 11.1 Å². The third kappa shape index (κ3) is 2.40. The van der Waals surface area contributed by atoms with E-state index in [1.165, 1.54) is 12.8 Å². The Morgan fingerprint density at radius 1 is 1.53 bits per heavy atom. The summed E-state index contributed by atoms with van der Waals surface area (Å²) in [6.45, 7) is 3.59. The Bertz CT molecular complexity index is 626. The largest absolute Gasteiger partial charge is 0.345 e. The fraction of sp³-hybridized carbons (Fsp3) is 0.400. The van der Waals surface area contributed by atoms with Crippen molar-refractivity contribution < 1.29 is 4.79 Å². The number of benzene rings is 1. The number of nitrogens with zero attached hydrogens (tertiary/aromatic N) is 1. The molecule has 1 N–H and O–H groups in total. The summed E-state index contributed by atoms with van der Waals surface area (Å²) < 4.78 is 2.15. The molecule has 0 bridgehead atoms. The van der Waals surface area contributed by atoms with Gasteiger partial charge in [0.25, 0.3) is 0 Å². The normalized spacial score (nSPS) is 19.2. The highest BCUT2D eigenvalue weighted by atomic mass is 35.5. The predicted octanol–water partition coefficient (Wildman–Crippen LogP) is 3.25. The highest BCUT2D eigenvalue weighted by Gasteiger charge is 2.18. The smallest absolute Gasteiger partial charge is 0.161 e. The van der Waals surface area contributed by atoms with E-state index in [0.717, 1.165) is 29.6 Å². The highest BCUT2D eigenvalue weighted by molar-refractivity contribution is 6.31. The molecule has 100 valence electrons. The lowest BCUT2D eigenvalue weighted by Gasteiger charge is -2.12. The lowest BCUT2D eigenvalue weighted by molar-refractivity contribution is 0.101. The molecule has 0 radical (unpaired) electrons. The molecule has 0 amide bonds. The number of hydrogen-bond donors (Lipinski definition) is 1. The first kappa shape index (κ1) is 12.7. The summed E-state index contributed by atoms with van der Waals surface area (Å²) in [4.78, 5) is 11.7. The summed E-state index contributed by atoms with van der Waals surface area (Å²) in [6, 6.07) is 6.22. The quantitative estimate of drug-likeness (QED) is 0.873. The molecular formula is C15H17ClN2O. The van der Waals surface area contributed by atoms with Crippen LogP contribution in [0.25, 0.3) is 10.9 Å². The van der Waals surface area contributed by atoms with Crippen LogP contribution in [0.5, 0.6) is 0 Å². The molecule has 1 saturated heterocycles. The molecule has 19 heavy (non-hydrogen) atoms. The van der Waals surface area contributed by atoms with E-state index in [1.54, 1.807) is 6.92 Å². The fourth-order valence-electron chi connectivity index (χ4n) is 2.85. The van der Waals surface area contributed by atoms with Gasteiger partial charge in [0.1, 0.15) is 0 Å². The zero-order valence-corrected chi connectivity index (χ0v) is 11.7. The van der Waals surface area contributed by atoms with Crippen LogP contribution in [0, 0.1) is 0 Å². The van der Waals surface area contributed by atoms with E-state index in [2.05, 4.69) is 9.88 Å². The topological polar surface area (TPSA) is 34.0 Å². The van der Waals surface area contributed by atoms with Gasteiger partial charge >= 0.3 is 0 Å². The summed E-state index contributed by atoms with van der Waals surface area (Å²) in [5.41, 5.74) is 1.83. The Morgan fingerprint density at radius 2 is 2.37 bits per heavy atom. The minimum Gasteiger partial charge on any atom is -0.345 e. The van der Waals surface area contributed by atoms with Crippen molar-refractivity contribution in [2.45, 2.75) is 32.4 Å². The summed E-state index contributed by atoms with van der Waals surface area (Å²) >= 11 is 6.08. The average molecular weight is 277 g/mol. The van der Waals surface area contributed by atoms with Gasteiger partial charge in [-0.15, -0.1) is 0 Å². The van der Waals surface area contributed by atoms with Crippen molar-refractivity contribution in [3.05, 3.63) is 35.0 Å². The van der Waals surface area contributed by atoms with Gasteiger partial charge in [-0.05, 0) is 38.4 Å². The minimum atomic E-state index is 0.102. The molecule has 3 nitrogen and oxygen atoms in total. The number of aromatic nitrogens is 1. The number of fused-ring (bicyclic) bond motifs is 1. The van der Waals surface area contributed by atoms with E-state index in [-0.39, 0.29) is 5.78 Å². The summed E-state index contributed by atoms with van der Waals surface area (Å²) in [5, 5.41) is 5.19. The Labute approximate surface area is 117 Å². The number of halogens is 1. The Kier molecular flexibility index (Phi) is 3.33. The molecule has 1 aliphatic rings. The summed E-state index contributed by atoms with van der Waals surface area (Å²) in [7, 11) is 0. The maximum Gasteiger partial charge on any atom is 0.161 e. The standard InChI is InChI=1S/C15H17ClN2O/c1-10(19)14-9-18(8-12-3-2-6-17-12)15-7-11(16)4-5-13(14)15/h4-5,7,9,12,17H,2-3,6,8H2,1H3/t12-/m0/s1. The van der Waals surface area contributed by atoms with E-state index in [9.17, 15) is 4.79 Å². The molecule has 0 spiro atoms.